The largest absolute Gasteiger partial charge is 0.481 e. The molecule has 0 aliphatic rings. The maximum absolute atomic E-state index is 12.9. The number of Topliss-reactive ketones (excluding diaryl/α,β-unsaturated/α-hetero) is 2. The van der Waals surface area contributed by atoms with Crippen molar-refractivity contribution in [3.05, 3.63) is 84.0 Å². The van der Waals surface area contributed by atoms with Gasteiger partial charge in [-0.05, 0) is 79.0 Å². The zero-order chi connectivity index (χ0) is 59.6. The number of carboxylic acid groups (broad SMARTS) is 1. The van der Waals surface area contributed by atoms with E-state index in [0.717, 1.165) is 48.6 Å². The summed E-state index contributed by atoms with van der Waals surface area (Å²) in [5, 5.41) is 37.4. The van der Waals surface area contributed by atoms with Crippen molar-refractivity contribution in [3.63, 3.8) is 0 Å². The van der Waals surface area contributed by atoms with Crippen LogP contribution in [0.3, 0.4) is 0 Å². The van der Waals surface area contributed by atoms with Crippen LogP contribution < -0.4 is 27.0 Å². The Balaban J connectivity index is 0. The fourth-order valence-electron chi connectivity index (χ4n) is 6.52. The quantitative estimate of drug-likeness (QED) is 0.0228. The van der Waals surface area contributed by atoms with Crippen LogP contribution >= 0.6 is 0 Å². The molecule has 2 rings (SSSR count). The second kappa shape index (κ2) is 43.2. The maximum Gasteiger partial charge on any atom is 0.330 e. The van der Waals surface area contributed by atoms with E-state index < -0.39 is 49.0 Å². The van der Waals surface area contributed by atoms with E-state index in [1.54, 1.807) is 62.4 Å². The molecule has 0 bridgehead atoms. The summed E-state index contributed by atoms with van der Waals surface area (Å²) >= 11 is 0. The molecule has 4 amide bonds. The molecule has 0 aliphatic heterocycles. The van der Waals surface area contributed by atoms with Gasteiger partial charge in [-0.2, -0.15) is 0 Å². The van der Waals surface area contributed by atoms with Gasteiger partial charge in [-0.15, -0.1) is 0 Å². The van der Waals surface area contributed by atoms with Crippen molar-refractivity contribution in [1.29, 1.82) is 0 Å². The molecular formula is C56H84FN5O15. The van der Waals surface area contributed by atoms with Crippen LogP contribution in [0, 0.1) is 23.7 Å². The summed E-state index contributed by atoms with van der Waals surface area (Å²) in [6.45, 7) is 11.2. The summed E-state index contributed by atoms with van der Waals surface area (Å²) in [5.74, 6) is -4.55. The van der Waals surface area contributed by atoms with Gasteiger partial charge < -0.3 is 51.8 Å². The monoisotopic (exact) mass is 1090 g/mol. The topological polar surface area (TPSA) is 324 Å². The highest BCUT2D eigenvalue weighted by Gasteiger charge is 2.28. The smallest absolute Gasteiger partial charge is 0.330 e. The number of carbonyl (C=O) groups is 10. The number of ether oxygens (including phenoxy) is 2. The van der Waals surface area contributed by atoms with Gasteiger partial charge in [0.15, 0.2) is 17.3 Å². The maximum atomic E-state index is 12.9. The van der Waals surface area contributed by atoms with Gasteiger partial charge in [0.2, 0.25) is 23.6 Å². The Morgan fingerprint density at radius 2 is 1.04 bits per heavy atom. The van der Waals surface area contributed by atoms with E-state index in [4.69, 9.17) is 22.4 Å². The van der Waals surface area contributed by atoms with Crippen LogP contribution in [0.1, 0.15) is 131 Å². The SMILES string of the molecule is CC(C)[C@H](N)C(=O)C[C@@H](C)C(=O)Nc1ccc(CO)cc1.COC(=O)/C=C/C(=O)CCCCCCC(=O)N[C@H](C(=O)C[C@@H](C)C(=O)Nc1ccc(CO)cc1)C(C)C.COC(=O)/C=C/C(=O)NCCCCCC(=O)O.[2H]CF. The molecule has 0 unspecified atom stereocenters. The van der Waals surface area contributed by atoms with Crippen LogP contribution in [0.2, 0.25) is 0 Å². The first-order chi connectivity index (χ1) is 36.9. The predicted molar refractivity (Wildman–Crippen MR) is 290 cm³/mol. The standard InChI is InChI=1S/C28H40N2O7.C16H24N2O3.C11H17NO5.CH3F/c1-19(2)27(24(33)17-20(3)28(36)29-22-13-11-21(18-31)12-14-22)30-25(34)10-8-6-5-7-9-23(32)15-16-26(35)37-4;1-10(2)15(17)14(20)8-11(3)16(21)18-13-6-4-12(9-19)5-7-13;1-17-11(16)7-6-9(13)12-8-4-2-3-5-10(14)15;1-2/h11-16,19-20,27,31H,5-10,17-18H2,1-4H3,(H,29,36)(H,30,34);4-7,10-11,15,19H,8-9,17H2,1-3H3,(H,18,21);6-7H,2-5,8H2,1H3,(H,12,13)(H,14,15);1H3/b16-15+;;7-6+;/t20-,27+;11-,15+;;/m11../s1/i;;;1D. The molecule has 0 heterocycles. The van der Waals surface area contributed by atoms with Crippen LogP contribution in [-0.4, -0.2) is 114 Å². The van der Waals surface area contributed by atoms with Crippen LogP contribution in [0.4, 0.5) is 15.8 Å². The van der Waals surface area contributed by atoms with E-state index in [0.29, 0.717) is 50.0 Å². The average Bonchev–Trinajstić information content (AvgIpc) is 3.40. The highest BCUT2D eigenvalue weighted by molar-refractivity contribution is 5.98. The number of nitrogens with one attached hydrogen (secondary N) is 4. The summed E-state index contributed by atoms with van der Waals surface area (Å²) in [6, 6.07) is 12.5. The number of aliphatic hydroxyl groups is 2. The molecule has 0 aliphatic carbocycles. The molecule has 430 valence electrons. The zero-order valence-corrected chi connectivity index (χ0v) is 45.9. The van der Waals surface area contributed by atoms with Crippen molar-refractivity contribution in [1.82, 2.24) is 10.6 Å². The number of rotatable bonds is 32. The van der Waals surface area contributed by atoms with Crippen molar-refractivity contribution < 1.29 is 78.5 Å². The fourth-order valence-corrected chi connectivity index (χ4v) is 6.52. The average molecular weight is 1090 g/mol. The van der Waals surface area contributed by atoms with E-state index in [-0.39, 0.29) is 91.7 Å². The Bertz CT molecular complexity index is 2210. The van der Waals surface area contributed by atoms with Crippen LogP contribution in [0.25, 0.3) is 0 Å². The van der Waals surface area contributed by atoms with Gasteiger partial charge in [-0.1, -0.05) is 85.1 Å². The second-order valence-corrected chi connectivity index (χ2v) is 18.5. The number of allylic oxidation sites excluding steroid dienone is 1. The third-order valence-electron chi connectivity index (χ3n) is 11.3. The number of benzene rings is 2. The highest BCUT2D eigenvalue weighted by Crippen LogP contribution is 2.17. The molecule has 0 aromatic heterocycles. The Morgan fingerprint density at radius 3 is 1.47 bits per heavy atom. The number of alkyl halides is 1. The van der Waals surface area contributed by atoms with Gasteiger partial charge in [-0.3, -0.25) is 42.7 Å². The van der Waals surface area contributed by atoms with Crippen molar-refractivity contribution in [3.8, 4) is 0 Å². The Kier molecular flexibility index (Phi) is 39.3. The molecule has 0 radical (unpaired) electrons. The van der Waals surface area contributed by atoms with Crippen molar-refractivity contribution in [2.45, 2.75) is 144 Å². The number of esters is 2. The Labute approximate surface area is 454 Å². The first kappa shape index (κ1) is 70.0. The number of amides is 4. The lowest BCUT2D eigenvalue weighted by Gasteiger charge is -2.23. The summed E-state index contributed by atoms with van der Waals surface area (Å²) in [7, 11) is 1.47. The van der Waals surface area contributed by atoms with Crippen molar-refractivity contribution in [2.75, 3.05) is 38.6 Å². The molecule has 0 saturated heterocycles. The lowest BCUT2D eigenvalue weighted by molar-refractivity contribution is -0.137. The number of aliphatic carboxylic acids is 1. The number of hydrogen-bond donors (Lipinski definition) is 8. The molecule has 0 fully saturated rings. The minimum atomic E-state index is -1.00. The summed E-state index contributed by atoms with van der Waals surface area (Å²) < 4.78 is 24.3. The predicted octanol–water partition coefficient (Wildman–Crippen LogP) is 6.25. The molecule has 0 spiro atoms. The van der Waals surface area contributed by atoms with Gasteiger partial charge in [0, 0.05) is 80.1 Å². The third-order valence-corrected chi connectivity index (χ3v) is 11.3. The second-order valence-electron chi connectivity index (χ2n) is 18.5. The molecule has 2 aromatic carbocycles. The van der Waals surface area contributed by atoms with E-state index in [9.17, 15) is 52.3 Å². The lowest BCUT2D eigenvalue weighted by atomic mass is 9.92. The van der Waals surface area contributed by atoms with Gasteiger partial charge in [0.05, 0.1) is 48.0 Å². The number of methoxy groups -OCH3 is 2. The lowest BCUT2D eigenvalue weighted by Crippen LogP contribution is -2.45. The number of ketones is 3. The third kappa shape index (κ3) is 35.8. The number of hydrogen-bond acceptors (Lipinski definition) is 15. The van der Waals surface area contributed by atoms with E-state index in [1.165, 1.54) is 20.3 Å². The zero-order valence-electron chi connectivity index (χ0n) is 46.9. The fraction of sp³-hybridized carbons (Fsp3) is 0.536. The van der Waals surface area contributed by atoms with E-state index in [1.807, 2.05) is 27.7 Å². The molecule has 77 heavy (non-hydrogen) atoms. The van der Waals surface area contributed by atoms with E-state index >= 15 is 0 Å². The number of halogens is 1. The minimum Gasteiger partial charge on any atom is -0.481 e. The number of carbonyl (C=O) groups excluding carboxylic acids is 9. The van der Waals surface area contributed by atoms with Gasteiger partial charge in [0.25, 0.3) is 0 Å². The highest BCUT2D eigenvalue weighted by atomic mass is 19.1. The molecule has 9 N–H and O–H groups in total. The molecule has 2 aromatic rings. The van der Waals surface area contributed by atoms with Crippen molar-refractivity contribution >= 4 is 70.3 Å². The van der Waals surface area contributed by atoms with Crippen molar-refractivity contribution in [2.24, 2.45) is 29.4 Å². The van der Waals surface area contributed by atoms with Crippen LogP contribution in [-0.2, 0) is 70.6 Å². The number of aliphatic hydroxyl groups excluding tert-OH is 2. The number of nitrogens with two attached hydrogens (primary N) is 1. The summed E-state index contributed by atoms with van der Waals surface area (Å²) in [5.41, 5.74) is 8.52. The van der Waals surface area contributed by atoms with E-state index in [2.05, 4.69) is 30.7 Å². The number of carboxylic acids is 1. The Morgan fingerprint density at radius 1 is 0.610 bits per heavy atom. The van der Waals surface area contributed by atoms with Gasteiger partial charge in [0.1, 0.15) is 0 Å². The first-order valence-electron chi connectivity index (χ1n) is 26.1. The van der Waals surface area contributed by atoms with Gasteiger partial charge in [-0.25, -0.2) is 9.59 Å². The normalized spacial score (nSPS) is 12.4. The van der Waals surface area contributed by atoms with Gasteiger partial charge >= 0.3 is 17.9 Å². The van der Waals surface area contributed by atoms with Crippen LogP contribution in [0.15, 0.2) is 72.8 Å². The summed E-state index contributed by atoms with van der Waals surface area (Å²) in [4.78, 5) is 116. The molecule has 4 atom stereocenters. The molecule has 0 saturated carbocycles. The summed E-state index contributed by atoms with van der Waals surface area (Å²) in [6.07, 6.45) is 10.2. The van der Waals surface area contributed by atoms with Crippen LogP contribution in [0.5, 0.6) is 0 Å². The Hall–Kier alpha value is -6.97. The molecular weight excluding hydrogens is 1000 g/mol. The molecule has 21 heteroatoms. The first-order valence-corrected chi connectivity index (χ1v) is 25.4. The minimum absolute atomic E-state index is 0.00212. The number of unbranched alkanes of at least 4 members (excludes halogenated alkanes) is 5. The number of anilines is 2. The molecule has 20 nitrogen and oxygen atoms in total.